The number of carbonyl (C=O) groups is 2. The van der Waals surface area contributed by atoms with E-state index >= 15 is 0 Å². The Morgan fingerprint density at radius 3 is 2.07 bits per heavy atom. The number of nitrogens with zero attached hydrogens (tertiary/aromatic N) is 4. The normalized spacial score (nSPS) is 10.4. The minimum Gasteiger partial charge on any atom is -0.464 e. The van der Waals surface area contributed by atoms with E-state index in [4.69, 9.17) is 0 Å². The summed E-state index contributed by atoms with van der Waals surface area (Å²) in [5, 5.41) is 9.94. The summed E-state index contributed by atoms with van der Waals surface area (Å²) in [7, 11) is 6.25. The van der Waals surface area contributed by atoms with Gasteiger partial charge < -0.3 is 9.47 Å². The Morgan fingerprint density at radius 1 is 0.786 bits per heavy atom. The number of hydrogen-bond donors (Lipinski definition) is 0. The molecule has 4 rings (SSSR count). The van der Waals surface area contributed by atoms with Crippen molar-refractivity contribution < 1.29 is 19.1 Å². The molecule has 0 atom stereocenters. The van der Waals surface area contributed by atoms with Crippen LogP contribution in [-0.4, -0.2) is 45.7 Å². The standard InChI is InChI=1S/2C10H10N2O2/c1-12-8-6-4-3-5-7(8)9(11-12)10(13)14-2;1-12-9(10(13)14-2)7-5-3-4-6-8(7)11-12/h2*3-6H,1-2H3. The lowest BCUT2D eigenvalue weighted by atomic mass is 10.2. The van der Waals surface area contributed by atoms with Gasteiger partial charge in [-0.15, -0.1) is 0 Å². The zero-order valence-electron chi connectivity index (χ0n) is 16.0. The lowest BCUT2D eigenvalue weighted by molar-refractivity contribution is 0.0583. The quantitative estimate of drug-likeness (QED) is 0.497. The molecular weight excluding hydrogens is 360 g/mol. The first kappa shape index (κ1) is 19.1. The van der Waals surface area contributed by atoms with Crippen LogP contribution in [0.5, 0.6) is 0 Å². The van der Waals surface area contributed by atoms with E-state index in [-0.39, 0.29) is 5.97 Å². The van der Waals surface area contributed by atoms with Gasteiger partial charge in [0.2, 0.25) is 0 Å². The van der Waals surface area contributed by atoms with E-state index in [9.17, 15) is 9.59 Å². The minimum atomic E-state index is -0.401. The molecule has 0 aliphatic carbocycles. The maximum absolute atomic E-state index is 11.4. The van der Waals surface area contributed by atoms with Crippen molar-refractivity contribution in [1.29, 1.82) is 0 Å². The zero-order chi connectivity index (χ0) is 20.3. The van der Waals surface area contributed by atoms with E-state index < -0.39 is 5.97 Å². The van der Waals surface area contributed by atoms with Gasteiger partial charge in [-0.25, -0.2) is 9.59 Å². The number of esters is 2. The lowest BCUT2D eigenvalue weighted by Gasteiger charge is -1.98. The van der Waals surface area contributed by atoms with Crippen molar-refractivity contribution in [3.8, 4) is 0 Å². The molecule has 0 fully saturated rings. The first-order chi connectivity index (χ1) is 13.5. The molecule has 28 heavy (non-hydrogen) atoms. The fourth-order valence-electron chi connectivity index (χ4n) is 2.95. The topological polar surface area (TPSA) is 88.2 Å². The van der Waals surface area contributed by atoms with E-state index in [0.717, 1.165) is 21.8 Å². The third-order valence-electron chi connectivity index (χ3n) is 4.26. The fourth-order valence-corrected chi connectivity index (χ4v) is 2.95. The van der Waals surface area contributed by atoms with E-state index in [1.165, 1.54) is 18.9 Å². The molecule has 8 heteroatoms. The molecule has 2 aromatic carbocycles. The van der Waals surface area contributed by atoms with Crippen LogP contribution in [0.15, 0.2) is 48.5 Å². The molecule has 0 bridgehead atoms. The van der Waals surface area contributed by atoms with Gasteiger partial charge in [0, 0.05) is 24.9 Å². The molecule has 4 aromatic rings. The number of hydrogen-bond acceptors (Lipinski definition) is 6. The molecule has 0 saturated heterocycles. The van der Waals surface area contributed by atoms with Crippen LogP contribution in [0, 0.1) is 0 Å². The molecule has 0 radical (unpaired) electrons. The van der Waals surface area contributed by atoms with Crippen LogP contribution in [0.1, 0.15) is 21.0 Å². The molecule has 144 valence electrons. The van der Waals surface area contributed by atoms with Crippen molar-refractivity contribution in [2.24, 2.45) is 14.1 Å². The molecule has 0 spiro atoms. The number of benzene rings is 2. The van der Waals surface area contributed by atoms with Crippen LogP contribution in [0.25, 0.3) is 21.8 Å². The number of carbonyl (C=O) groups excluding carboxylic acids is 2. The van der Waals surface area contributed by atoms with Crippen molar-refractivity contribution in [2.75, 3.05) is 14.2 Å². The zero-order valence-corrected chi connectivity index (χ0v) is 16.0. The van der Waals surface area contributed by atoms with Gasteiger partial charge >= 0.3 is 11.9 Å². The van der Waals surface area contributed by atoms with Gasteiger partial charge in [0.05, 0.1) is 25.3 Å². The van der Waals surface area contributed by atoms with Gasteiger partial charge in [-0.1, -0.05) is 36.4 Å². The lowest BCUT2D eigenvalue weighted by Crippen LogP contribution is -2.08. The molecule has 2 heterocycles. The average molecular weight is 380 g/mol. The molecular formula is C20H20N4O4. The molecule has 0 unspecified atom stereocenters. The summed E-state index contributed by atoms with van der Waals surface area (Å²) >= 11 is 0. The van der Waals surface area contributed by atoms with Gasteiger partial charge in [0.25, 0.3) is 0 Å². The molecule has 0 saturated carbocycles. The maximum atomic E-state index is 11.4. The Kier molecular flexibility index (Phi) is 5.39. The summed E-state index contributed by atoms with van der Waals surface area (Å²) in [6, 6.07) is 15.0. The molecule has 2 aromatic heterocycles. The van der Waals surface area contributed by atoms with Gasteiger partial charge in [0.1, 0.15) is 0 Å². The van der Waals surface area contributed by atoms with E-state index in [1.54, 1.807) is 18.8 Å². The van der Waals surface area contributed by atoms with Crippen molar-refractivity contribution in [1.82, 2.24) is 19.6 Å². The summed E-state index contributed by atoms with van der Waals surface area (Å²) in [5.41, 5.74) is 2.58. The Balaban J connectivity index is 0.000000161. The van der Waals surface area contributed by atoms with Gasteiger partial charge in [-0.05, 0) is 12.1 Å². The van der Waals surface area contributed by atoms with Crippen LogP contribution in [0.3, 0.4) is 0 Å². The number of ether oxygens (including phenoxy) is 2. The second-order valence-electron chi connectivity index (χ2n) is 5.96. The van der Waals surface area contributed by atoms with E-state index in [1.807, 2.05) is 48.5 Å². The Labute approximate surface area is 161 Å². The number of para-hydroxylation sites is 1. The van der Waals surface area contributed by atoms with Crippen LogP contribution in [0.2, 0.25) is 0 Å². The molecule has 0 aliphatic heterocycles. The summed E-state index contributed by atoms with van der Waals surface area (Å²) in [6.07, 6.45) is 0. The first-order valence-electron chi connectivity index (χ1n) is 8.48. The highest BCUT2D eigenvalue weighted by atomic mass is 16.5. The monoisotopic (exact) mass is 380 g/mol. The first-order valence-corrected chi connectivity index (χ1v) is 8.48. The van der Waals surface area contributed by atoms with Crippen LogP contribution in [-0.2, 0) is 23.6 Å². The predicted molar refractivity (Wildman–Crippen MR) is 104 cm³/mol. The minimum absolute atomic E-state index is 0.360. The summed E-state index contributed by atoms with van der Waals surface area (Å²) in [5.74, 6) is -0.761. The Hall–Kier alpha value is -3.68. The SMILES string of the molecule is COC(=O)c1c2ccccc2nn1C.COC(=O)c1nn(C)c2ccccc12. The van der Waals surface area contributed by atoms with Crippen molar-refractivity contribution >= 4 is 33.7 Å². The predicted octanol–water partition coefficient (Wildman–Crippen LogP) is 2.72. The highest BCUT2D eigenvalue weighted by molar-refractivity contribution is 6.02. The Bertz CT molecular complexity index is 1150. The molecule has 0 aliphatic rings. The van der Waals surface area contributed by atoms with E-state index in [2.05, 4.69) is 19.7 Å². The van der Waals surface area contributed by atoms with Crippen LogP contribution < -0.4 is 0 Å². The Morgan fingerprint density at radius 2 is 1.39 bits per heavy atom. The third kappa shape index (κ3) is 3.44. The molecule has 8 nitrogen and oxygen atoms in total. The molecule has 0 N–H and O–H groups in total. The van der Waals surface area contributed by atoms with Crippen molar-refractivity contribution in [3.05, 3.63) is 59.9 Å². The number of rotatable bonds is 2. The fraction of sp³-hybridized carbons (Fsp3) is 0.200. The molecule has 0 amide bonds. The second-order valence-corrected chi connectivity index (χ2v) is 5.96. The van der Waals surface area contributed by atoms with E-state index in [0.29, 0.717) is 11.4 Å². The smallest absolute Gasteiger partial charge is 0.359 e. The number of aromatic nitrogens is 4. The highest BCUT2D eigenvalue weighted by Crippen LogP contribution is 2.18. The van der Waals surface area contributed by atoms with Crippen LogP contribution >= 0.6 is 0 Å². The van der Waals surface area contributed by atoms with Gasteiger partial charge in [-0.3, -0.25) is 9.36 Å². The number of methoxy groups -OCH3 is 2. The third-order valence-corrected chi connectivity index (χ3v) is 4.26. The summed E-state index contributed by atoms with van der Waals surface area (Å²) < 4.78 is 12.5. The van der Waals surface area contributed by atoms with Crippen molar-refractivity contribution in [2.45, 2.75) is 0 Å². The number of fused-ring (bicyclic) bond motifs is 2. The van der Waals surface area contributed by atoms with Gasteiger partial charge in [-0.2, -0.15) is 10.2 Å². The second kappa shape index (κ2) is 7.91. The van der Waals surface area contributed by atoms with Crippen molar-refractivity contribution in [3.63, 3.8) is 0 Å². The van der Waals surface area contributed by atoms with Crippen LogP contribution in [0.4, 0.5) is 0 Å². The highest BCUT2D eigenvalue weighted by Gasteiger charge is 2.16. The maximum Gasteiger partial charge on any atom is 0.359 e. The largest absolute Gasteiger partial charge is 0.464 e. The average Bonchev–Trinajstić information content (AvgIpc) is 3.24. The summed E-state index contributed by atoms with van der Waals surface area (Å²) in [4.78, 5) is 22.8. The number of aryl methyl sites for hydroxylation is 2. The van der Waals surface area contributed by atoms with Gasteiger partial charge in [0.15, 0.2) is 11.4 Å². The summed E-state index contributed by atoms with van der Waals surface area (Å²) in [6.45, 7) is 0.